The molecule has 1 aliphatic heterocycles. The molecule has 0 amide bonds. The Labute approximate surface area is 74.3 Å². The molecule has 1 heterocycles. The van der Waals surface area contributed by atoms with Gasteiger partial charge in [0.25, 0.3) is 5.97 Å². The van der Waals surface area contributed by atoms with Gasteiger partial charge in [-0.25, -0.2) is 0 Å². The lowest BCUT2D eigenvalue weighted by molar-refractivity contribution is -0.134. The largest absolute Gasteiger partial charge is 0.494 e. The number of carbonyl (C=O) groups is 1. The van der Waals surface area contributed by atoms with Gasteiger partial charge in [-0.05, 0) is 6.92 Å². The first-order valence-corrected chi connectivity index (χ1v) is 6.75. The topological polar surface area (TPSA) is 35.5 Å². The summed E-state index contributed by atoms with van der Waals surface area (Å²) in [7, 11) is -2.04. The van der Waals surface area contributed by atoms with Gasteiger partial charge in [0.1, 0.15) is 0 Å². The summed E-state index contributed by atoms with van der Waals surface area (Å²) in [5, 5.41) is 0. The molecule has 0 radical (unpaired) electrons. The first kappa shape index (κ1) is 9.73. The smallest absolute Gasteiger partial charge is 0.401 e. The standard InChI is InChI=1S/C8H16O3Si/c1-3-10-12(11-8(2)9)6-4-5-7-12/h3-7H2,1-2H3. The molecule has 0 N–H and O–H groups in total. The molecule has 1 saturated heterocycles. The van der Waals surface area contributed by atoms with Gasteiger partial charge in [0.05, 0.1) is 0 Å². The van der Waals surface area contributed by atoms with E-state index >= 15 is 0 Å². The third-order valence-electron chi connectivity index (χ3n) is 2.10. The van der Waals surface area contributed by atoms with Crippen LogP contribution in [0.2, 0.25) is 12.1 Å². The van der Waals surface area contributed by atoms with E-state index < -0.39 is 8.56 Å². The van der Waals surface area contributed by atoms with Crippen molar-refractivity contribution in [1.29, 1.82) is 0 Å². The predicted molar refractivity (Wildman–Crippen MR) is 48.0 cm³/mol. The summed E-state index contributed by atoms with van der Waals surface area (Å²) >= 11 is 0. The Morgan fingerprint density at radius 1 is 1.42 bits per heavy atom. The molecule has 0 aromatic carbocycles. The van der Waals surface area contributed by atoms with Crippen molar-refractivity contribution in [3.63, 3.8) is 0 Å². The normalized spacial score (nSPS) is 20.8. The molecular formula is C8H16O3Si. The minimum Gasteiger partial charge on any atom is -0.494 e. The van der Waals surface area contributed by atoms with Gasteiger partial charge in [0.15, 0.2) is 0 Å². The number of rotatable bonds is 3. The maximum atomic E-state index is 10.8. The van der Waals surface area contributed by atoms with E-state index in [-0.39, 0.29) is 5.97 Å². The number of hydrogen-bond acceptors (Lipinski definition) is 3. The fraction of sp³-hybridized carbons (Fsp3) is 0.875. The first-order chi connectivity index (χ1) is 5.68. The monoisotopic (exact) mass is 188 g/mol. The van der Waals surface area contributed by atoms with Crippen molar-refractivity contribution < 1.29 is 13.6 Å². The molecule has 1 rings (SSSR count). The fourth-order valence-corrected chi connectivity index (χ4v) is 5.14. The predicted octanol–water partition coefficient (Wildman–Crippen LogP) is 1.82. The van der Waals surface area contributed by atoms with Crippen molar-refractivity contribution in [2.45, 2.75) is 38.8 Å². The van der Waals surface area contributed by atoms with Crippen molar-refractivity contribution in [3.05, 3.63) is 0 Å². The maximum Gasteiger partial charge on any atom is 0.401 e. The fourth-order valence-electron chi connectivity index (χ4n) is 1.71. The van der Waals surface area contributed by atoms with Crippen LogP contribution in [-0.2, 0) is 13.6 Å². The molecule has 0 unspecified atom stereocenters. The van der Waals surface area contributed by atoms with Gasteiger partial charge in [-0.15, -0.1) is 0 Å². The van der Waals surface area contributed by atoms with Crippen LogP contribution in [0.3, 0.4) is 0 Å². The second kappa shape index (κ2) is 4.05. The molecule has 0 spiro atoms. The summed E-state index contributed by atoms with van der Waals surface area (Å²) in [5.41, 5.74) is 0. The summed E-state index contributed by atoms with van der Waals surface area (Å²) in [4.78, 5) is 10.8. The lowest BCUT2D eigenvalue weighted by Crippen LogP contribution is -2.40. The third-order valence-corrected chi connectivity index (χ3v) is 5.81. The summed E-state index contributed by atoms with van der Waals surface area (Å²) in [6.07, 6.45) is 2.30. The second-order valence-electron chi connectivity index (χ2n) is 3.14. The zero-order valence-corrected chi connectivity index (χ0v) is 8.76. The van der Waals surface area contributed by atoms with Gasteiger partial charge >= 0.3 is 8.56 Å². The molecule has 0 aromatic rings. The molecule has 1 aliphatic rings. The number of carbonyl (C=O) groups excluding carboxylic acids is 1. The van der Waals surface area contributed by atoms with Crippen LogP contribution in [0.4, 0.5) is 0 Å². The minimum absolute atomic E-state index is 0.183. The van der Waals surface area contributed by atoms with Crippen LogP contribution in [-0.4, -0.2) is 21.1 Å². The van der Waals surface area contributed by atoms with Crippen molar-refractivity contribution in [2.24, 2.45) is 0 Å². The van der Waals surface area contributed by atoms with Crippen LogP contribution >= 0.6 is 0 Å². The van der Waals surface area contributed by atoms with Crippen LogP contribution in [0.15, 0.2) is 0 Å². The highest BCUT2D eigenvalue weighted by molar-refractivity contribution is 6.69. The summed E-state index contributed by atoms with van der Waals surface area (Å²) < 4.78 is 10.9. The van der Waals surface area contributed by atoms with Crippen molar-refractivity contribution >= 4 is 14.5 Å². The average molecular weight is 188 g/mol. The molecule has 12 heavy (non-hydrogen) atoms. The Hall–Kier alpha value is -0.353. The molecule has 0 saturated carbocycles. The molecule has 70 valence electrons. The van der Waals surface area contributed by atoms with E-state index in [1.807, 2.05) is 6.92 Å². The lowest BCUT2D eigenvalue weighted by atomic mass is 10.4. The Morgan fingerprint density at radius 3 is 2.42 bits per heavy atom. The van der Waals surface area contributed by atoms with Gasteiger partial charge in [0.2, 0.25) is 0 Å². The van der Waals surface area contributed by atoms with E-state index in [2.05, 4.69) is 0 Å². The third kappa shape index (κ3) is 2.32. The molecule has 0 aromatic heterocycles. The van der Waals surface area contributed by atoms with Crippen molar-refractivity contribution in [1.82, 2.24) is 0 Å². The Balaban J connectivity index is 2.52. The molecule has 4 heteroatoms. The van der Waals surface area contributed by atoms with Gasteiger partial charge in [-0.3, -0.25) is 4.79 Å². The SMILES string of the molecule is CCO[Si]1(OC(C)=O)CCCC1. The molecular weight excluding hydrogens is 172 g/mol. The maximum absolute atomic E-state index is 10.8. The van der Waals surface area contributed by atoms with Gasteiger partial charge in [0, 0.05) is 25.6 Å². The number of hydrogen-bond donors (Lipinski definition) is 0. The highest BCUT2D eigenvalue weighted by atomic mass is 28.4. The van der Waals surface area contributed by atoms with E-state index in [9.17, 15) is 4.79 Å². The first-order valence-electron chi connectivity index (χ1n) is 4.52. The van der Waals surface area contributed by atoms with Gasteiger partial charge in [-0.1, -0.05) is 12.8 Å². The van der Waals surface area contributed by atoms with E-state index in [0.717, 1.165) is 24.9 Å². The molecule has 0 aliphatic carbocycles. The van der Waals surface area contributed by atoms with Crippen molar-refractivity contribution in [3.8, 4) is 0 Å². The Bertz CT molecular complexity index is 164. The lowest BCUT2D eigenvalue weighted by Gasteiger charge is -2.24. The van der Waals surface area contributed by atoms with Crippen LogP contribution in [0.5, 0.6) is 0 Å². The molecule has 1 fully saturated rings. The summed E-state index contributed by atoms with van der Waals surface area (Å²) in [5.74, 6) is -0.183. The zero-order valence-electron chi connectivity index (χ0n) is 7.76. The van der Waals surface area contributed by atoms with E-state index in [1.54, 1.807) is 0 Å². The zero-order chi connectivity index (χ0) is 9.03. The van der Waals surface area contributed by atoms with E-state index in [4.69, 9.17) is 8.85 Å². The second-order valence-corrected chi connectivity index (χ2v) is 6.46. The summed E-state index contributed by atoms with van der Waals surface area (Å²) in [6, 6.07) is 1.97. The molecule has 3 nitrogen and oxygen atoms in total. The van der Waals surface area contributed by atoms with E-state index in [1.165, 1.54) is 6.92 Å². The van der Waals surface area contributed by atoms with Crippen LogP contribution < -0.4 is 0 Å². The Morgan fingerprint density at radius 2 is 2.00 bits per heavy atom. The quantitative estimate of drug-likeness (QED) is 0.634. The van der Waals surface area contributed by atoms with E-state index in [0.29, 0.717) is 6.61 Å². The van der Waals surface area contributed by atoms with Crippen LogP contribution in [0, 0.1) is 0 Å². The summed E-state index contributed by atoms with van der Waals surface area (Å²) in [6.45, 7) is 4.09. The average Bonchev–Trinajstić information content (AvgIpc) is 2.36. The highest BCUT2D eigenvalue weighted by Gasteiger charge is 2.43. The van der Waals surface area contributed by atoms with Gasteiger partial charge in [-0.2, -0.15) is 0 Å². The molecule has 0 atom stereocenters. The van der Waals surface area contributed by atoms with Crippen LogP contribution in [0.25, 0.3) is 0 Å². The van der Waals surface area contributed by atoms with Crippen LogP contribution in [0.1, 0.15) is 26.7 Å². The van der Waals surface area contributed by atoms with Crippen molar-refractivity contribution in [2.75, 3.05) is 6.61 Å². The van der Waals surface area contributed by atoms with Gasteiger partial charge < -0.3 is 8.85 Å². The minimum atomic E-state index is -2.04. The molecule has 0 bridgehead atoms. The highest BCUT2D eigenvalue weighted by Crippen LogP contribution is 2.31. The Kier molecular flexibility index (Phi) is 3.28.